The average Bonchev–Trinajstić information content (AvgIpc) is 2.53. The fourth-order valence-corrected chi connectivity index (χ4v) is 2.23. The van der Waals surface area contributed by atoms with Crippen LogP contribution in [0.3, 0.4) is 0 Å². The number of aromatic nitrogens is 2. The van der Waals surface area contributed by atoms with Crippen molar-refractivity contribution in [2.75, 3.05) is 18.6 Å². The van der Waals surface area contributed by atoms with Crippen LogP contribution < -0.4 is 9.64 Å². The molecule has 4 nitrogen and oxygen atoms in total. The third kappa shape index (κ3) is 3.96. The summed E-state index contributed by atoms with van der Waals surface area (Å²) >= 11 is 0. The van der Waals surface area contributed by atoms with Crippen molar-refractivity contribution in [3.8, 4) is 6.01 Å². The summed E-state index contributed by atoms with van der Waals surface area (Å²) in [6.45, 7) is 6.05. The van der Waals surface area contributed by atoms with E-state index in [1.165, 1.54) is 4.90 Å². The molecule has 1 heterocycles. The molecule has 7 heteroatoms. The van der Waals surface area contributed by atoms with Gasteiger partial charge in [-0.1, -0.05) is 26.0 Å². The Bertz CT molecular complexity index is 702. The lowest BCUT2D eigenvalue weighted by Crippen LogP contribution is -2.19. The third-order valence-electron chi connectivity index (χ3n) is 3.57. The Morgan fingerprint density at radius 1 is 1.25 bits per heavy atom. The zero-order chi connectivity index (χ0) is 17.9. The Morgan fingerprint density at radius 3 is 2.54 bits per heavy atom. The van der Waals surface area contributed by atoms with Crippen LogP contribution in [0.4, 0.5) is 24.7 Å². The molecule has 0 aliphatic heterocycles. The molecule has 0 unspecified atom stereocenters. The minimum atomic E-state index is -4.55. The molecule has 0 atom stereocenters. The predicted molar refractivity (Wildman–Crippen MR) is 86.8 cm³/mol. The predicted octanol–water partition coefficient (Wildman–Crippen LogP) is 4.79. The molecule has 24 heavy (non-hydrogen) atoms. The van der Waals surface area contributed by atoms with E-state index in [9.17, 15) is 13.2 Å². The minimum Gasteiger partial charge on any atom is -0.464 e. The number of benzene rings is 1. The molecule has 0 aliphatic carbocycles. The standard InChI is InChI=1S/C17H20F3N3O/c1-5-24-16-21-10-14(17(18,19)20)15(22-16)23(4)13-8-6-7-12(9-13)11(2)3/h6-11H,5H2,1-4H3. The first-order chi connectivity index (χ1) is 11.2. The van der Waals surface area contributed by atoms with Crippen LogP contribution >= 0.6 is 0 Å². The summed E-state index contributed by atoms with van der Waals surface area (Å²) < 4.78 is 45.1. The van der Waals surface area contributed by atoms with Gasteiger partial charge in [-0.15, -0.1) is 0 Å². The highest BCUT2D eigenvalue weighted by Gasteiger charge is 2.36. The van der Waals surface area contributed by atoms with Crippen molar-refractivity contribution in [3.63, 3.8) is 0 Å². The van der Waals surface area contributed by atoms with Crippen LogP contribution in [0.2, 0.25) is 0 Å². The van der Waals surface area contributed by atoms with Crippen LogP contribution in [0.25, 0.3) is 0 Å². The van der Waals surface area contributed by atoms with E-state index in [0.717, 1.165) is 11.8 Å². The molecule has 0 spiro atoms. The van der Waals surface area contributed by atoms with Crippen molar-refractivity contribution < 1.29 is 17.9 Å². The van der Waals surface area contributed by atoms with Gasteiger partial charge in [0.1, 0.15) is 5.56 Å². The van der Waals surface area contributed by atoms with Gasteiger partial charge in [-0.2, -0.15) is 18.2 Å². The number of alkyl halides is 3. The zero-order valence-corrected chi connectivity index (χ0v) is 14.1. The van der Waals surface area contributed by atoms with E-state index in [0.29, 0.717) is 5.69 Å². The first kappa shape index (κ1) is 18.0. The molecule has 0 N–H and O–H groups in total. The molecule has 0 aliphatic rings. The zero-order valence-electron chi connectivity index (χ0n) is 14.1. The third-order valence-corrected chi connectivity index (χ3v) is 3.57. The van der Waals surface area contributed by atoms with Crippen molar-refractivity contribution in [2.24, 2.45) is 0 Å². The van der Waals surface area contributed by atoms with Crippen LogP contribution in [0.5, 0.6) is 6.01 Å². The number of nitrogens with zero attached hydrogens (tertiary/aromatic N) is 3. The van der Waals surface area contributed by atoms with Crippen molar-refractivity contribution in [2.45, 2.75) is 32.9 Å². The number of hydrogen-bond acceptors (Lipinski definition) is 4. The Labute approximate surface area is 139 Å². The van der Waals surface area contributed by atoms with Gasteiger partial charge in [-0.25, -0.2) is 4.98 Å². The first-order valence-electron chi connectivity index (χ1n) is 7.64. The smallest absolute Gasteiger partial charge is 0.421 e. The topological polar surface area (TPSA) is 38.2 Å². The highest BCUT2D eigenvalue weighted by molar-refractivity contribution is 5.63. The molecule has 1 aromatic heterocycles. The molecule has 0 saturated heterocycles. The maximum absolute atomic E-state index is 13.3. The summed E-state index contributed by atoms with van der Waals surface area (Å²) in [5, 5.41) is 0. The Balaban J connectivity index is 2.52. The Hall–Kier alpha value is -2.31. The van der Waals surface area contributed by atoms with Crippen LogP contribution in [0.15, 0.2) is 30.5 Å². The van der Waals surface area contributed by atoms with Gasteiger partial charge < -0.3 is 9.64 Å². The number of halogens is 3. The summed E-state index contributed by atoms with van der Waals surface area (Å²) in [6, 6.07) is 7.28. The molecule has 1 aromatic carbocycles. The SMILES string of the molecule is CCOc1ncc(C(F)(F)F)c(N(C)c2cccc(C(C)C)c2)n1. The molecular weight excluding hydrogens is 319 g/mol. The molecule has 0 radical (unpaired) electrons. The molecule has 0 amide bonds. The van der Waals surface area contributed by atoms with E-state index < -0.39 is 11.7 Å². The van der Waals surface area contributed by atoms with Gasteiger partial charge >= 0.3 is 12.2 Å². The molecule has 0 fully saturated rings. The lowest BCUT2D eigenvalue weighted by molar-refractivity contribution is -0.137. The van der Waals surface area contributed by atoms with E-state index in [4.69, 9.17) is 4.74 Å². The maximum Gasteiger partial charge on any atom is 0.421 e. The van der Waals surface area contributed by atoms with Crippen LogP contribution in [0, 0.1) is 0 Å². The molecule has 0 saturated carbocycles. The summed E-state index contributed by atoms with van der Waals surface area (Å²) in [6.07, 6.45) is -3.79. The first-order valence-corrected chi connectivity index (χ1v) is 7.64. The van der Waals surface area contributed by atoms with Gasteiger partial charge in [0.15, 0.2) is 5.82 Å². The van der Waals surface area contributed by atoms with Gasteiger partial charge in [0.05, 0.1) is 6.61 Å². The largest absolute Gasteiger partial charge is 0.464 e. The van der Waals surface area contributed by atoms with Gasteiger partial charge in [-0.3, -0.25) is 0 Å². The van der Waals surface area contributed by atoms with Crippen molar-refractivity contribution in [1.82, 2.24) is 9.97 Å². The van der Waals surface area contributed by atoms with Gasteiger partial charge in [0.25, 0.3) is 0 Å². The highest BCUT2D eigenvalue weighted by atomic mass is 19.4. The van der Waals surface area contributed by atoms with Crippen molar-refractivity contribution >= 4 is 11.5 Å². The van der Waals surface area contributed by atoms with Gasteiger partial charge in [-0.05, 0) is 30.5 Å². The van der Waals surface area contributed by atoms with Crippen LogP contribution in [-0.4, -0.2) is 23.6 Å². The molecule has 2 rings (SSSR count). The lowest BCUT2D eigenvalue weighted by atomic mass is 10.0. The van der Waals surface area contributed by atoms with E-state index in [-0.39, 0.29) is 24.4 Å². The highest BCUT2D eigenvalue weighted by Crippen LogP contribution is 2.38. The lowest BCUT2D eigenvalue weighted by Gasteiger charge is -2.23. The van der Waals surface area contributed by atoms with E-state index in [1.54, 1.807) is 20.0 Å². The number of ether oxygens (including phenoxy) is 1. The van der Waals surface area contributed by atoms with Crippen molar-refractivity contribution in [3.05, 3.63) is 41.6 Å². The fraction of sp³-hybridized carbons (Fsp3) is 0.412. The summed E-state index contributed by atoms with van der Waals surface area (Å²) in [4.78, 5) is 8.99. The monoisotopic (exact) mass is 339 g/mol. The van der Waals surface area contributed by atoms with E-state index in [2.05, 4.69) is 9.97 Å². The summed E-state index contributed by atoms with van der Waals surface area (Å²) in [5.41, 5.74) is 0.753. The van der Waals surface area contributed by atoms with Gasteiger partial charge in [0.2, 0.25) is 0 Å². The summed E-state index contributed by atoms with van der Waals surface area (Å²) in [7, 11) is 1.55. The van der Waals surface area contributed by atoms with Crippen molar-refractivity contribution in [1.29, 1.82) is 0 Å². The number of anilines is 2. The average molecular weight is 339 g/mol. The second kappa shape index (κ2) is 7.07. The molecular formula is C17H20F3N3O. The normalized spacial score (nSPS) is 11.7. The van der Waals surface area contributed by atoms with Crippen LogP contribution in [-0.2, 0) is 6.18 Å². The van der Waals surface area contributed by atoms with E-state index >= 15 is 0 Å². The van der Waals surface area contributed by atoms with Gasteiger partial charge in [0, 0.05) is 18.9 Å². The van der Waals surface area contributed by atoms with E-state index in [1.807, 2.05) is 32.0 Å². The second-order valence-corrected chi connectivity index (χ2v) is 5.63. The number of hydrogen-bond donors (Lipinski definition) is 0. The fourth-order valence-electron chi connectivity index (χ4n) is 2.23. The Morgan fingerprint density at radius 2 is 1.96 bits per heavy atom. The molecule has 2 aromatic rings. The Kier molecular flexibility index (Phi) is 5.31. The maximum atomic E-state index is 13.3. The quantitative estimate of drug-likeness (QED) is 0.785. The molecule has 130 valence electrons. The minimum absolute atomic E-state index is 0.0765. The van der Waals surface area contributed by atoms with Crippen LogP contribution in [0.1, 0.15) is 37.8 Å². The second-order valence-electron chi connectivity index (χ2n) is 5.63. The number of rotatable bonds is 5. The summed E-state index contributed by atoms with van der Waals surface area (Å²) in [5.74, 6) is 0.0340. The molecule has 0 bridgehead atoms.